The van der Waals surface area contributed by atoms with Crippen molar-refractivity contribution in [1.82, 2.24) is 9.29 Å². The van der Waals surface area contributed by atoms with Crippen molar-refractivity contribution in [3.63, 3.8) is 0 Å². The van der Waals surface area contributed by atoms with Crippen LogP contribution in [-0.2, 0) is 16.6 Å². The van der Waals surface area contributed by atoms with Gasteiger partial charge in [0.05, 0.1) is 5.02 Å². The number of sulfonamides is 1. The van der Waals surface area contributed by atoms with Crippen LogP contribution in [0.15, 0.2) is 34.0 Å². The Labute approximate surface area is 126 Å². The van der Waals surface area contributed by atoms with Gasteiger partial charge < -0.3 is 5.43 Å². The van der Waals surface area contributed by atoms with Gasteiger partial charge in [0.25, 0.3) is 0 Å². The SMILES string of the molecule is CN(Cc1ccsc1)S(=O)(=O)c1cnc(NN)c(Cl)c1. The molecule has 0 saturated heterocycles. The Morgan fingerprint density at radius 2 is 2.30 bits per heavy atom. The summed E-state index contributed by atoms with van der Waals surface area (Å²) in [6, 6.07) is 3.20. The van der Waals surface area contributed by atoms with Gasteiger partial charge >= 0.3 is 0 Å². The number of anilines is 1. The summed E-state index contributed by atoms with van der Waals surface area (Å²) in [4.78, 5) is 3.90. The van der Waals surface area contributed by atoms with E-state index in [2.05, 4.69) is 10.4 Å². The van der Waals surface area contributed by atoms with Gasteiger partial charge in [0, 0.05) is 19.8 Å². The van der Waals surface area contributed by atoms with E-state index in [1.54, 1.807) is 0 Å². The molecule has 2 rings (SSSR count). The lowest BCUT2D eigenvalue weighted by Crippen LogP contribution is -2.26. The molecule has 0 saturated carbocycles. The number of nitrogens with two attached hydrogens (primary N) is 1. The molecule has 0 atom stereocenters. The summed E-state index contributed by atoms with van der Waals surface area (Å²) in [5, 5.41) is 3.95. The minimum absolute atomic E-state index is 0.0271. The highest BCUT2D eigenvalue weighted by molar-refractivity contribution is 7.89. The van der Waals surface area contributed by atoms with Gasteiger partial charge in [-0.25, -0.2) is 19.2 Å². The lowest BCUT2D eigenvalue weighted by Gasteiger charge is -2.16. The monoisotopic (exact) mass is 332 g/mol. The van der Waals surface area contributed by atoms with Gasteiger partial charge in [-0.3, -0.25) is 0 Å². The maximum absolute atomic E-state index is 12.4. The summed E-state index contributed by atoms with van der Waals surface area (Å²) >= 11 is 7.42. The number of pyridine rings is 1. The molecule has 0 amide bonds. The molecule has 0 aromatic carbocycles. The standard InChI is InChI=1S/C11H13ClN4O2S2/c1-16(6-8-2-3-19-7-8)20(17,18)9-4-10(12)11(15-13)14-5-9/h2-5,7H,6,13H2,1H3,(H,14,15). The Balaban J connectivity index is 2.27. The van der Waals surface area contributed by atoms with Crippen LogP contribution in [0.1, 0.15) is 5.56 Å². The summed E-state index contributed by atoms with van der Waals surface area (Å²) in [7, 11) is -2.13. The predicted molar refractivity (Wildman–Crippen MR) is 80.0 cm³/mol. The zero-order valence-corrected chi connectivity index (χ0v) is 13.0. The molecular formula is C11H13ClN4O2S2. The molecule has 2 aromatic heterocycles. The minimum Gasteiger partial charge on any atom is -0.307 e. The molecule has 0 fully saturated rings. The number of thiophene rings is 1. The quantitative estimate of drug-likeness (QED) is 0.645. The van der Waals surface area contributed by atoms with Crippen LogP contribution < -0.4 is 11.3 Å². The van der Waals surface area contributed by atoms with E-state index < -0.39 is 10.0 Å². The summed E-state index contributed by atoms with van der Waals surface area (Å²) in [6.07, 6.45) is 1.22. The maximum atomic E-state index is 12.4. The van der Waals surface area contributed by atoms with Crippen LogP contribution in [0.3, 0.4) is 0 Å². The number of hydrazine groups is 1. The first kappa shape index (κ1) is 15.2. The third-order valence-corrected chi connectivity index (χ3v) is 5.44. The van der Waals surface area contributed by atoms with Crippen molar-refractivity contribution in [2.45, 2.75) is 11.4 Å². The van der Waals surface area contributed by atoms with E-state index in [1.165, 1.54) is 35.0 Å². The molecule has 6 nitrogen and oxygen atoms in total. The van der Waals surface area contributed by atoms with Crippen LogP contribution in [0, 0.1) is 0 Å². The molecule has 20 heavy (non-hydrogen) atoms. The van der Waals surface area contributed by atoms with Gasteiger partial charge in [0.15, 0.2) is 5.82 Å². The predicted octanol–water partition coefficient (Wildman–Crippen LogP) is 1.90. The van der Waals surface area contributed by atoms with E-state index in [0.717, 1.165) is 5.56 Å². The van der Waals surface area contributed by atoms with Gasteiger partial charge in [0.2, 0.25) is 10.0 Å². The van der Waals surface area contributed by atoms with Crippen LogP contribution >= 0.6 is 22.9 Å². The van der Waals surface area contributed by atoms with Crippen molar-refractivity contribution in [3.05, 3.63) is 39.7 Å². The largest absolute Gasteiger partial charge is 0.307 e. The highest BCUT2D eigenvalue weighted by Gasteiger charge is 2.22. The Hall–Kier alpha value is -1.19. The minimum atomic E-state index is -3.64. The number of nitrogens with zero attached hydrogens (tertiary/aromatic N) is 2. The number of hydrogen-bond donors (Lipinski definition) is 2. The Bertz CT molecular complexity index is 688. The Kier molecular flexibility index (Phi) is 4.61. The molecule has 3 N–H and O–H groups in total. The van der Waals surface area contributed by atoms with E-state index in [9.17, 15) is 8.42 Å². The van der Waals surface area contributed by atoms with Crippen molar-refractivity contribution in [2.75, 3.05) is 12.5 Å². The Morgan fingerprint density at radius 3 is 2.85 bits per heavy atom. The third kappa shape index (κ3) is 3.10. The van der Waals surface area contributed by atoms with Gasteiger partial charge in [-0.05, 0) is 28.5 Å². The van der Waals surface area contributed by atoms with Crippen molar-refractivity contribution >= 4 is 38.8 Å². The highest BCUT2D eigenvalue weighted by atomic mass is 35.5. The lowest BCUT2D eigenvalue weighted by molar-refractivity contribution is 0.467. The van der Waals surface area contributed by atoms with Crippen molar-refractivity contribution in [1.29, 1.82) is 0 Å². The second kappa shape index (κ2) is 6.06. The van der Waals surface area contributed by atoms with Crippen molar-refractivity contribution < 1.29 is 8.42 Å². The average Bonchev–Trinajstić information content (AvgIpc) is 2.91. The van der Waals surface area contributed by atoms with Crippen LogP contribution in [-0.4, -0.2) is 24.8 Å². The summed E-state index contributed by atoms with van der Waals surface area (Å²) in [5.74, 6) is 5.43. The molecule has 2 heterocycles. The first-order valence-corrected chi connectivity index (χ1v) is 8.31. The molecule has 0 unspecified atom stereocenters. The molecule has 0 aliphatic carbocycles. The molecule has 0 aliphatic rings. The van der Waals surface area contributed by atoms with E-state index in [4.69, 9.17) is 17.4 Å². The number of halogens is 1. The molecule has 0 spiro atoms. The zero-order valence-electron chi connectivity index (χ0n) is 10.6. The molecule has 0 aliphatic heterocycles. The fourth-order valence-electron chi connectivity index (χ4n) is 1.57. The second-order valence-corrected chi connectivity index (χ2v) is 7.27. The Morgan fingerprint density at radius 1 is 1.55 bits per heavy atom. The summed E-state index contributed by atoms with van der Waals surface area (Å²) < 4.78 is 26.0. The maximum Gasteiger partial charge on any atom is 0.244 e. The fourth-order valence-corrected chi connectivity index (χ4v) is 3.65. The second-order valence-electron chi connectivity index (χ2n) is 4.04. The zero-order chi connectivity index (χ0) is 14.8. The molecule has 2 aromatic rings. The average molecular weight is 333 g/mol. The van der Waals surface area contributed by atoms with E-state index >= 15 is 0 Å². The fraction of sp³-hybridized carbons (Fsp3) is 0.182. The van der Waals surface area contributed by atoms with Gasteiger partial charge in [-0.2, -0.15) is 15.6 Å². The molecule has 9 heteroatoms. The summed E-state index contributed by atoms with van der Waals surface area (Å²) in [6.45, 7) is 0.292. The highest BCUT2D eigenvalue weighted by Crippen LogP contribution is 2.24. The van der Waals surface area contributed by atoms with Crippen LogP contribution in [0.4, 0.5) is 5.82 Å². The number of rotatable bonds is 5. The van der Waals surface area contributed by atoms with Crippen LogP contribution in [0.5, 0.6) is 0 Å². The van der Waals surface area contributed by atoms with Crippen molar-refractivity contribution in [2.24, 2.45) is 5.84 Å². The van der Waals surface area contributed by atoms with E-state index in [1.807, 2.05) is 16.8 Å². The van der Waals surface area contributed by atoms with Crippen LogP contribution in [0.25, 0.3) is 0 Å². The van der Waals surface area contributed by atoms with Crippen LogP contribution in [0.2, 0.25) is 5.02 Å². The van der Waals surface area contributed by atoms with Gasteiger partial charge in [0.1, 0.15) is 4.90 Å². The number of hydrogen-bond acceptors (Lipinski definition) is 6. The topological polar surface area (TPSA) is 88.3 Å². The van der Waals surface area contributed by atoms with Crippen molar-refractivity contribution in [3.8, 4) is 0 Å². The molecule has 108 valence electrons. The number of nitrogens with one attached hydrogen (secondary N) is 1. The number of nitrogen functional groups attached to an aromatic ring is 1. The molecule has 0 radical (unpaired) electrons. The molecular weight excluding hydrogens is 320 g/mol. The third-order valence-electron chi connectivity index (χ3n) is 2.65. The normalized spacial score (nSPS) is 11.8. The van der Waals surface area contributed by atoms with E-state index in [0.29, 0.717) is 6.54 Å². The summed E-state index contributed by atoms with van der Waals surface area (Å²) in [5.41, 5.74) is 3.22. The molecule has 0 bridgehead atoms. The lowest BCUT2D eigenvalue weighted by atomic mass is 10.3. The van der Waals surface area contributed by atoms with Gasteiger partial charge in [-0.15, -0.1) is 0 Å². The first-order valence-electron chi connectivity index (χ1n) is 5.54. The number of aromatic nitrogens is 1. The first-order chi connectivity index (χ1) is 9.45. The van der Waals surface area contributed by atoms with Gasteiger partial charge in [-0.1, -0.05) is 11.6 Å². The smallest absolute Gasteiger partial charge is 0.244 e. The van der Waals surface area contributed by atoms with E-state index in [-0.39, 0.29) is 15.7 Å².